The number of hydrazone groups is 1. The van der Waals surface area contributed by atoms with Crippen LogP contribution in [-0.2, 0) is 0 Å². The highest BCUT2D eigenvalue weighted by Gasteiger charge is 2.10. The first-order valence-electron chi connectivity index (χ1n) is 8.16. The van der Waals surface area contributed by atoms with Crippen LogP contribution in [0.1, 0.15) is 35.2 Å². The SMILES string of the molecule is O=C(N/N=C/c1ccc(N2CCCCC2)cc1)c1cccc(I)c1. The van der Waals surface area contributed by atoms with E-state index in [0.29, 0.717) is 5.56 Å². The van der Waals surface area contributed by atoms with Gasteiger partial charge >= 0.3 is 0 Å². The highest BCUT2D eigenvalue weighted by Crippen LogP contribution is 2.19. The number of amides is 1. The molecule has 1 saturated heterocycles. The van der Waals surface area contributed by atoms with Crippen molar-refractivity contribution in [2.45, 2.75) is 19.3 Å². The van der Waals surface area contributed by atoms with Crippen LogP contribution in [0.2, 0.25) is 0 Å². The van der Waals surface area contributed by atoms with Crippen LogP contribution in [0, 0.1) is 3.57 Å². The molecule has 0 aromatic heterocycles. The standard InChI is InChI=1S/C19H20IN3O/c20-17-6-4-5-16(13-17)19(24)22-21-14-15-7-9-18(10-8-15)23-11-2-1-3-12-23/h4-10,13-14H,1-3,11-12H2,(H,22,24)/b21-14+. The summed E-state index contributed by atoms with van der Waals surface area (Å²) in [7, 11) is 0. The highest BCUT2D eigenvalue weighted by molar-refractivity contribution is 14.1. The van der Waals surface area contributed by atoms with Gasteiger partial charge < -0.3 is 4.90 Å². The average Bonchev–Trinajstić information content (AvgIpc) is 2.63. The molecule has 1 aliphatic rings. The van der Waals surface area contributed by atoms with Crippen molar-refractivity contribution in [3.05, 3.63) is 63.2 Å². The van der Waals surface area contributed by atoms with Crippen LogP contribution >= 0.6 is 22.6 Å². The van der Waals surface area contributed by atoms with Crippen molar-refractivity contribution in [3.63, 3.8) is 0 Å². The molecular formula is C19H20IN3O. The van der Waals surface area contributed by atoms with Crippen molar-refractivity contribution >= 4 is 40.4 Å². The van der Waals surface area contributed by atoms with Crippen LogP contribution in [0.25, 0.3) is 0 Å². The Labute approximate surface area is 156 Å². The molecular weight excluding hydrogens is 413 g/mol. The largest absolute Gasteiger partial charge is 0.372 e. The number of carbonyl (C=O) groups excluding carboxylic acids is 1. The molecule has 4 nitrogen and oxygen atoms in total. The minimum absolute atomic E-state index is 0.199. The third-order valence-corrected chi connectivity index (χ3v) is 4.75. The first-order valence-corrected chi connectivity index (χ1v) is 9.24. The Balaban J connectivity index is 1.57. The summed E-state index contributed by atoms with van der Waals surface area (Å²) in [4.78, 5) is 14.4. The maximum Gasteiger partial charge on any atom is 0.271 e. The molecule has 0 saturated carbocycles. The quantitative estimate of drug-likeness (QED) is 0.450. The van der Waals surface area contributed by atoms with Crippen molar-refractivity contribution < 1.29 is 4.79 Å². The zero-order valence-electron chi connectivity index (χ0n) is 13.4. The molecule has 1 amide bonds. The van der Waals surface area contributed by atoms with E-state index >= 15 is 0 Å². The molecule has 0 spiro atoms. The van der Waals surface area contributed by atoms with Crippen LogP contribution in [0.4, 0.5) is 5.69 Å². The van der Waals surface area contributed by atoms with Gasteiger partial charge in [-0.1, -0.05) is 18.2 Å². The Morgan fingerprint density at radius 2 is 1.83 bits per heavy atom. The summed E-state index contributed by atoms with van der Waals surface area (Å²) in [5.74, 6) is -0.199. The predicted octanol–water partition coefficient (Wildman–Crippen LogP) is 4.05. The number of carbonyl (C=O) groups is 1. The fraction of sp³-hybridized carbons (Fsp3) is 0.263. The van der Waals surface area contributed by atoms with Crippen molar-refractivity contribution in [1.29, 1.82) is 0 Å². The third-order valence-electron chi connectivity index (χ3n) is 4.08. The first-order chi connectivity index (χ1) is 11.7. The van der Waals surface area contributed by atoms with E-state index in [0.717, 1.165) is 22.2 Å². The minimum Gasteiger partial charge on any atom is -0.372 e. The normalized spacial score (nSPS) is 14.8. The number of hydrogen-bond donors (Lipinski definition) is 1. The first kappa shape index (κ1) is 17.0. The number of hydrogen-bond acceptors (Lipinski definition) is 3. The Hall–Kier alpha value is -1.89. The fourth-order valence-corrected chi connectivity index (χ4v) is 3.33. The number of halogens is 1. The van der Waals surface area contributed by atoms with Gasteiger partial charge in [-0.25, -0.2) is 5.43 Å². The van der Waals surface area contributed by atoms with E-state index in [9.17, 15) is 4.79 Å². The molecule has 0 aliphatic carbocycles. The Morgan fingerprint density at radius 3 is 2.54 bits per heavy atom. The van der Waals surface area contributed by atoms with Gasteiger partial charge in [0.25, 0.3) is 5.91 Å². The lowest BCUT2D eigenvalue weighted by molar-refractivity contribution is 0.0955. The Morgan fingerprint density at radius 1 is 1.08 bits per heavy atom. The van der Waals surface area contributed by atoms with E-state index in [1.165, 1.54) is 24.9 Å². The smallest absolute Gasteiger partial charge is 0.271 e. The van der Waals surface area contributed by atoms with E-state index in [2.05, 4.69) is 50.2 Å². The predicted molar refractivity (Wildman–Crippen MR) is 107 cm³/mol. The number of nitrogens with zero attached hydrogens (tertiary/aromatic N) is 2. The lowest BCUT2D eigenvalue weighted by atomic mass is 10.1. The Bertz CT molecular complexity index is 722. The summed E-state index contributed by atoms with van der Waals surface area (Å²) in [6.07, 6.45) is 5.55. The Kier molecular flexibility index (Phi) is 5.85. The summed E-state index contributed by atoms with van der Waals surface area (Å²) >= 11 is 2.18. The molecule has 3 rings (SSSR count). The van der Waals surface area contributed by atoms with Gasteiger partial charge in [-0.05, 0) is 77.7 Å². The summed E-state index contributed by atoms with van der Waals surface area (Å²) in [6.45, 7) is 2.28. The van der Waals surface area contributed by atoms with Crippen LogP contribution < -0.4 is 10.3 Å². The van der Waals surface area contributed by atoms with Crippen molar-refractivity contribution in [3.8, 4) is 0 Å². The van der Waals surface area contributed by atoms with Crippen molar-refractivity contribution in [2.24, 2.45) is 5.10 Å². The second-order valence-corrected chi connectivity index (χ2v) is 7.09. The van der Waals surface area contributed by atoms with E-state index < -0.39 is 0 Å². The van der Waals surface area contributed by atoms with Gasteiger partial charge in [0.2, 0.25) is 0 Å². The molecule has 2 aromatic rings. The number of anilines is 1. The second-order valence-electron chi connectivity index (χ2n) is 5.85. The fourth-order valence-electron chi connectivity index (χ4n) is 2.78. The molecule has 0 bridgehead atoms. The highest BCUT2D eigenvalue weighted by atomic mass is 127. The third kappa shape index (κ3) is 4.56. The zero-order chi connectivity index (χ0) is 16.8. The number of nitrogens with one attached hydrogen (secondary N) is 1. The maximum atomic E-state index is 12.0. The molecule has 0 radical (unpaired) electrons. The average molecular weight is 433 g/mol. The molecule has 2 aromatic carbocycles. The van der Waals surface area contributed by atoms with Crippen LogP contribution in [-0.4, -0.2) is 25.2 Å². The lowest BCUT2D eigenvalue weighted by Gasteiger charge is -2.28. The molecule has 1 fully saturated rings. The lowest BCUT2D eigenvalue weighted by Crippen LogP contribution is -2.29. The van der Waals surface area contributed by atoms with Gasteiger partial charge in [0.1, 0.15) is 0 Å². The summed E-state index contributed by atoms with van der Waals surface area (Å²) < 4.78 is 1.03. The van der Waals surface area contributed by atoms with Gasteiger partial charge in [0.15, 0.2) is 0 Å². The summed E-state index contributed by atoms with van der Waals surface area (Å²) in [5.41, 5.74) is 5.41. The topological polar surface area (TPSA) is 44.7 Å². The summed E-state index contributed by atoms with van der Waals surface area (Å²) in [6, 6.07) is 15.7. The number of benzene rings is 2. The molecule has 124 valence electrons. The van der Waals surface area contributed by atoms with Gasteiger partial charge in [0.05, 0.1) is 6.21 Å². The minimum atomic E-state index is -0.199. The monoisotopic (exact) mass is 433 g/mol. The van der Waals surface area contributed by atoms with E-state index in [1.807, 2.05) is 30.3 Å². The van der Waals surface area contributed by atoms with Crippen LogP contribution in [0.5, 0.6) is 0 Å². The molecule has 0 unspecified atom stereocenters. The zero-order valence-corrected chi connectivity index (χ0v) is 15.6. The van der Waals surface area contributed by atoms with Crippen LogP contribution in [0.15, 0.2) is 53.6 Å². The van der Waals surface area contributed by atoms with Crippen molar-refractivity contribution in [2.75, 3.05) is 18.0 Å². The number of piperidine rings is 1. The maximum absolute atomic E-state index is 12.0. The molecule has 1 N–H and O–H groups in total. The molecule has 24 heavy (non-hydrogen) atoms. The number of rotatable bonds is 4. The molecule has 1 heterocycles. The van der Waals surface area contributed by atoms with Gasteiger partial charge in [-0.2, -0.15) is 5.10 Å². The second kappa shape index (κ2) is 8.28. The van der Waals surface area contributed by atoms with Crippen LogP contribution in [0.3, 0.4) is 0 Å². The van der Waals surface area contributed by atoms with Crippen molar-refractivity contribution in [1.82, 2.24) is 5.43 Å². The van der Waals surface area contributed by atoms with E-state index in [-0.39, 0.29) is 5.91 Å². The molecule has 0 atom stereocenters. The van der Waals surface area contributed by atoms with Gasteiger partial charge in [-0.15, -0.1) is 0 Å². The van der Waals surface area contributed by atoms with E-state index in [1.54, 1.807) is 12.3 Å². The van der Waals surface area contributed by atoms with E-state index in [4.69, 9.17) is 0 Å². The van der Waals surface area contributed by atoms with Gasteiger partial charge in [-0.3, -0.25) is 4.79 Å². The summed E-state index contributed by atoms with van der Waals surface area (Å²) in [5, 5.41) is 4.05. The molecule has 1 aliphatic heterocycles. The van der Waals surface area contributed by atoms with Gasteiger partial charge in [0, 0.05) is 27.9 Å². The molecule has 5 heteroatoms.